The van der Waals surface area contributed by atoms with E-state index in [1.807, 2.05) is 0 Å². The Morgan fingerprint density at radius 1 is 1.36 bits per heavy atom. The minimum atomic E-state index is -0.460. The fourth-order valence-electron chi connectivity index (χ4n) is 3.17. The lowest BCUT2D eigenvalue weighted by atomic mass is 10.0. The fraction of sp³-hybridized carbons (Fsp3) is 0.643. The molecule has 7 nitrogen and oxygen atoms in total. The second-order valence-electron chi connectivity index (χ2n) is 6.07. The van der Waals surface area contributed by atoms with E-state index in [2.05, 4.69) is 5.10 Å². The summed E-state index contributed by atoms with van der Waals surface area (Å²) < 4.78 is 7.27. The molecule has 2 aliphatic rings. The van der Waals surface area contributed by atoms with Crippen LogP contribution in [0.3, 0.4) is 0 Å². The van der Waals surface area contributed by atoms with E-state index in [-0.39, 0.29) is 18.4 Å². The third-order valence-corrected chi connectivity index (χ3v) is 4.86. The third-order valence-electron chi connectivity index (χ3n) is 4.41. The van der Waals surface area contributed by atoms with Crippen LogP contribution in [0.25, 0.3) is 0 Å². The topological polar surface area (TPSA) is 67.7 Å². The van der Waals surface area contributed by atoms with E-state index in [0.717, 1.165) is 0 Å². The number of halogens is 1. The number of hydrogen-bond acceptors (Lipinski definition) is 4. The Hall–Kier alpha value is -1.60. The van der Waals surface area contributed by atoms with E-state index >= 15 is 0 Å². The largest absolute Gasteiger partial charge is 0.361 e. The highest BCUT2D eigenvalue weighted by Gasteiger charge is 2.46. The van der Waals surface area contributed by atoms with E-state index in [0.29, 0.717) is 42.5 Å². The molecule has 1 spiro atoms. The van der Waals surface area contributed by atoms with Gasteiger partial charge in [0, 0.05) is 20.6 Å². The Kier molecular flexibility index (Phi) is 3.65. The predicted molar refractivity (Wildman–Crippen MR) is 79.8 cm³/mol. The Morgan fingerprint density at radius 3 is 2.68 bits per heavy atom. The van der Waals surface area contributed by atoms with Gasteiger partial charge in [-0.2, -0.15) is 5.10 Å². The number of hydrogen-bond donors (Lipinski definition) is 0. The van der Waals surface area contributed by atoms with Gasteiger partial charge in [0.1, 0.15) is 17.9 Å². The van der Waals surface area contributed by atoms with Gasteiger partial charge in [0.15, 0.2) is 0 Å². The molecule has 2 fully saturated rings. The van der Waals surface area contributed by atoms with E-state index in [1.165, 1.54) is 4.68 Å². The van der Waals surface area contributed by atoms with Gasteiger partial charge in [-0.05, 0) is 13.3 Å². The summed E-state index contributed by atoms with van der Waals surface area (Å²) >= 11 is 6.19. The zero-order chi connectivity index (χ0) is 16.1. The first-order chi connectivity index (χ1) is 10.3. The summed E-state index contributed by atoms with van der Waals surface area (Å²) in [5.74, 6) is -0.172. The summed E-state index contributed by atoms with van der Waals surface area (Å²) in [6.07, 6.45) is 0.713. The van der Waals surface area contributed by atoms with Crippen LogP contribution < -0.4 is 0 Å². The normalized spacial score (nSPS) is 25.4. The molecular weight excluding hydrogens is 308 g/mol. The number of carbonyl (C=O) groups excluding carboxylic acids is 2. The van der Waals surface area contributed by atoms with Gasteiger partial charge in [-0.25, -0.2) is 0 Å². The van der Waals surface area contributed by atoms with Crippen LogP contribution in [0.5, 0.6) is 0 Å². The molecule has 2 saturated heterocycles. The average Bonchev–Trinajstić information content (AvgIpc) is 2.97. The minimum absolute atomic E-state index is 0.0271. The summed E-state index contributed by atoms with van der Waals surface area (Å²) in [5.41, 5.74) is 0.579. The van der Waals surface area contributed by atoms with Crippen molar-refractivity contribution in [2.75, 3.05) is 33.3 Å². The molecular formula is C14H19ClN4O3. The Morgan fingerprint density at radius 2 is 2.09 bits per heavy atom. The van der Waals surface area contributed by atoms with Crippen molar-refractivity contribution in [1.29, 1.82) is 0 Å². The number of carbonyl (C=O) groups is 2. The molecule has 8 heteroatoms. The number of rotatable bonds is 1. The van der Waals surface area contributed by atoms with Crippen molar-refractivity contribution in [3.8, 4) is 0 Å². The molecule has 1 aromatic rings. The SMILES string of the molecule is Cc1nn(C)c(C(=O)N2CC[C@@]3(CN(C)C(=O)CO3)C2)c1Cl. The number of ether oxygens (including phenoxy) is 1. The lowest BCUT2D eigenvalue weighted by Gasteiger charge is -2.38. The summed E-state index contributed by atoms with van der Waals surface area (Å²) in [6, 6.07) is 0. The first kappa shape index (κ1) is 15.3. The zero-order valence-corrected chi connectivity index (χ0v) is 13.7. The second kappa shape index (κ2) is 5.24. The van der Waals surface area contributed by atoms with E-state index in [1.54, 1.807) is 30.8 Å². The molecule has 120 valence electrons. The third kappa shape index (κ3) is 2.38. The summed E-state index contributed by atoms with van der Waals surface area (Å²) in [6.45, 7) is 3.40. The van der Waals surface area contributed by atoms with Gasteiger partial charge >= 0.3 is 0 Å². The Labute approximate surface area is 133 Å². The summed E-state index contributed by atoms with van der Waals surface area (Å²) in [7, 11) is 3.47. The van der Waals surface area contributed by atoms with Crippen molar-refractivity contribution >= 4 is 23.4 Å². The van der Waals surface area contributed by atoms with E-state index < -0.39 is 5.60 Å². The van der Waals surface area contributed by atoms with Crippen LogP contribution in [-0.2, 0) is 16.6 Å². The number of likely N-dealkylation sites (N-methyl/N-ethyl adjacent to an activating group) is 1. The maximum Gasteiger partial charge on any atom is 0.273 e. The zero-order valence-electron chi connectivity index (χ0n) is 12.9. The maximum atomic E-state index is 12.7. The Balaban J connectivity index is 1.78. The molecule has 0 bridgehead atoms. The first-order valence-corrected chi connectivity index (χ1v) is 7.57. The van der Waals surface area contributed by atoms with Crippen LogP contribution in [0.2, 0.25) is 5.02 Å². The number of morpholine rings is 1. The Bertz CT molecular complexity index is 644. The van der Waals surface area contributed by atoms with Crippen molar-refractivity contribution in [3.63, 3.8) is 0 Å². The molecule has 2 amide bonds. The molecule has 1 aromatic heterocycles. The minimum Gasteiger partial charge on any atom is -0.361 e. The maximum absolute atomic E-state index is 12.7. The molecule has 22 heavy (non-hydrogen) atoms. The molecule has 0 unspecified atom stereocenters. The van der Waals surface area contributed by atoms with Crippen LogP contribution in [0.15, 0.2) is 0 Å². The first-order valence-electron chi connectivity index (χ1n) is 7.19. The van der Waals surface area contributed by atoms with Crippen molar-refractivity contribution in [3.05, 3.63) is 16.4 Å². The van der Waals surface area contributed by atoms with Crippen LogP contribution in [0.1, 0.15) is 22.6 Å². The highest BCUT2D eigenvalue weighted by molar-refractivity contribution is 6.34. The summed E-state index contributed by atoms with van der Waals surface area (Å²) in [5, 5.41) is 4.58. The van der Waals surface area contributed by atoms with Gasteiger partial charge in [-0.1, -0.05) is 11.6 Å². The highest BCUT2D eigenvalue weighted by Crippen LogP contribution is 2.31. The van der Waals surface area contributed by atoms with Crippen molar-refractivity contribution in [2.24, 2.45) is 7.05 Å². The lowest BCUT2D eigenvalue weighted by molar-refractivity contribution is -0.158. The van der Waals surface area contributed by atoms with Crippen molar-refractivity contribution in [1.82, 2.24) is 19.6 Å². The van der Waals surface area contributed by atoms with Gasteiger partial charge in [0.05, 0.1) is 23.8 Å². The standard InChI is InChI=1S/C14H19ClN4O3/c1-9-11(15)12(18(3)16-9)13(21)19-5-4-14(8-19)7-17(2)10(20)6-22-14/h4-8H2,1-3H3/t14-/m1/s1. The van der Waals surface area contributed by atoms with Crippen LogP contribution in [0.4, 0.5) is 0 Å². The number of aryl methyl sites for hydroxylation is 2. The molecule has 3 heterocycles. The number of likely N-dealkylation sites (tertiary alicyclic amines) is 1. The van der Waals surface area contributed by atoms with Gasteiger partial charge in [0.2, 0.25) is 5.91 Å². The monoisotopic (exact) mass is 326 g/mol. The second-order valence-corrected chi connectivity index (χ2v) is 6.45. The van der Waals surface area contributed by atoms with Gasteiger partial charge in [-0.3, -0.25) is 14.3 Å². The van der Waals surface area contributed by atoms with Crippen molar-refractivity contribution in [2.45, 2.75) is 18.9 Å². The number of nitrogens with zero attached hydrogens (tertiary/aromatic N) is 4. The van der Waals surface area contributed by atoms with Crippen LogP contribution in [0, 0.1) is 6.92 Å². The van der Waals surface area contributed by atoms with E-state index in [9.17, 15) is 9.59 Å². The van der Waals surface area contributed by atoms with Crippen molar-refractivity contribution < 1.29 is 14.3 Å². The smallest absolute Gasteiger partial charge is 0.273 e. The molecule has 0 N–H and O–H groups in total. The number of amides is 2. The molecule has 3 rings (SSSR count). The van der Waals surface area contributed by atoms with Gasteiger partial charge in [0.25, 0.3) is 5.91 Å². The van der Waals surface area contributed by atoms with Crippen LogP contribution in [-0.4, -0.2) is 70.3 Å². The molecule has 0 aromatic carbocycles. The number of aromatic nitrogens is 2. The van der Waals surface area contributed by atoms with Gasteiger partial charge < -0.3 is 14.5 Å². The van der Waals surface area contributed by atoms with Crippen LogP contribution >= 0.6 is 11.6 Å². The lowest BCUT2D eigenvalue weighted by Crippen LogP contribution is -2.54. The molecule has 0 radical (unpaired) electrons. The molecule has 2 aliphatic heterocycles. The van der Waals surface area contributed by atoms with E-state index in [4.69, 9.17) is 16.3 Å². The van der Waals surface area contributed by atoms with Gasteiger partial charge in [-0.15, -0.1) is 0 Å². The molecule has 0 saturated carbocycles. The summed E-state index contributed by atoms with van der Waals surface area (Å²) in [4.78, 5) is 27.7. The molecule has 1 atom stereocenters. The predicted octanol–water partition coefficient (Wildman–Crippen LogP) is 0.455. The highest BCUT2D eigenvalue weighted by atomic mass is 35.5. The average molecular weight is 327 g/mol. The quantitative estimate of drug-likeness (QED) is 0.751. The molecule has 0 aliphatic carbocycles. The fourth-order valence-corrected chi connectivity index (χ4v) is 3.41.